The summed E-state index contributed by atoms with van der Waals surface area (Å²) in [7, 11) is 0. The second-order valence-electron chi connectivity index (χ2n) is 6.23. The Bertz CT molecular complexity index is 683. The van der Waals surface area contributed by atoms with E-state index in [0.717, 1.165) is 5.57 Å². The first-order chi connectivity index (χ1) is 10.8. The summed E-state index contributed by atoms with van der Waals surface area (Å²) in [4.78, 5) is 35.3. The summed E-state index contributed by atoms with van der Waals surface area (Å²) in [5.41, 5.74) is 2.11. The molecule has 6 heteroatoms. The first-order valence-electron chi connectivity index (χ1n) is 7.47. The van der Waals surface area contributed by atoms with Gasteiger partial charge in [0.1, 0.15) is 12.7 Å². The molecular weight excluding hydrogens is 300 g/mol. The predicted molar refractivity (Wildman–Crippen MR) is 79.0 cm³/mol. The van der Waals surface area contributed by atoms with Gasteiger partial charge in [-0.2, -0.15) is 0 Å². The van der Waals surface area contributed by atoms with Crippen molar-refractivity contribution in [2.24, 2.45) is 11.8 Å². The Balaban J connectivity index is 2.03. The normalized spacial score (nSPS) is 33.0. The van der Waals surface area contributed by atoms with Crippen LogP contribution in [0.5, 0.6) is 0 Å². The minimum atomic E-state index is -0.833. The van der Waals surface area contributed by atoms with Gasteiger partial charge in [0, 0.05) is 18.1 Å². The average molecular weight is 318 g/mol. The maximum Gasteiger partial charge on any atom is 0.334 e. The fraction of sp³-hybridized carbons (Fsp3) is 0.471. The zero-order valence-corrected chi connectivity index (χ0v) is 13.0. The summed E-state index contributed by atoms with van der Waals surface area (Å²) >= 11 is 0. The van der Waals surface area contributed by atoms with Gasteiger partial charge >= 0.3 is 11.9 Å². The van der Waals surface area contributed by atoms with Crippen LogP contribution in [0.1, 0.15) is 20.3 Å². The highest BCUT2D eigenvalue weighted by Crippen LogP contribution is 2.47. The zero-order chi connectivity index (χ0) is 16.9. The highest BCUT2D eigenvalue weighted by molar-refractivity contribution is 6.09. The van der Waals surface area contributed by atoms with Crippen LogP contribution in [-0.4, -0.2) is 41.6 Å². The molecule has 23 heavy (non-hydrogen) atoms. The van der Waals surface area contributed by atoms with Crippen LogP contribution in [0.25, 0.3) is 0 Å². The number of carbonyl (C=O) groups excluding carboxylic acids is 3. The van der Waals surface area contributed by atoms with Gasteiger partial charge in [0.25, 0.3) is 0 Å². The maximum absolute atomic E-state index is 12.4. The summed E-state index contributed by atoms with van der Waals surface area (Å²) < 4.78 is 10.4. The van der Waals surface area contributed by atoms with Gasteiger partial charge in [0.15, 0.2) is 5.78 Å². The van der Waals surface area contributed by atoms with Gasteiger partial charge in [-0.05, 0) is 25.0 Å². The van der Waals surface area contributed by atoms with Gasteiger partial charge in [0.2, 0.25) is 0 Å². The molecule has 0 spiro atoms. The first-order valence-corrected chi connectivity index (χ1v) is 7.47. The van der Waals surface area contributed by atoms with Crippen LogP contribution in [0.2, 0.25) is 0 Å². The molecule has 0 aromatic heterocycles. The second-order valence-corrected chi connectivity index (χ2v) is 6.23. The van der Waals surface area contributed by atoms with Gasteiger partial charge in [0.05, 0.1) is 17.9 Å². The third kappa shape index (κ3) is 2.43. The monoisotopic (exact) mass is 318 g/mol. The highest BCUT2D eigenvalue weighted by Gasteiger charge is 2.53. The average Bonchev–Trinajstić information content (AvgIpc) is 2.90. The van der Waals surface area contributed by atoms with Crippen molar-refractivity contribution in [1.82, 2.24) is 0 Å². The van der Waals surface area contributed by atoms with Crippen LogP contribution < -0.4 is 0 Å². The molecule has 6 nitrogen and oxygen atoms in total. The number of fused-ring (bicyclic) bond motifs is 3. The van der Waals surface area contributed by atoms with Crippen molar-refractivity contribution in [2.45, 2.75) is 32.5 Å². The molecule has 1 heterocycles. The fourth-order valence-corrected chi connectivity index (χ4v) is 3.73. The molecule has 0 aromatic rings. The molecule has 4 unspecified atom stereocenters. The highest BCUT2D eigenvalue weighted by atomic mass is 16.6. The van der Waals surface area contributed by atoms with Crippen molar-refractivity contribution in [2.75, 3.05) is 6.61 Å². The smallest absolute Gasteiger partial charge is 0.334 e. The lowest BCUT2D eigenvalue weighted by molar-refractivity contribution is -0.143. The Labute approximate surface area is 133 Å². The Hall–Kier alpha value is -2.21. The molecule has 0 radical (unpaired) electrons. The molecule has 122 valence electrons. The van der Waals surface area contributed by atoms with E-state index < -0.39 is 36.0 Å². The van der Waals surface area contributed by atoms with E-state index in [9.17, 15) is 19.5 Å². The molecule has 3 rings (SSSR count). The number of aliphatic hydroxyl groups excluding tert-OH is 1. The topological polar surface area (TPSA) is 89.9 Å². The van der Waals surface area contributed by atoms with Gasteiger partial charge in [-0.3, -0.25) is 9.59 Å². The number of esters is 2. The number of carbonyl (C=O) groups is 3. The molecule has 0 bridgehead atoms. The standard InChI is InChI=1S/C17H18O6/c1-7-4-11(19)14-8(2)17(21)23-16(14)15-10(6-22-9(3)18)5-12(20)13(7)15/h5,11,14-16,19H,2,4,6H2,1,3H3. The minimum Gasteiger partial charge on any atom is -0.461 e. The maximum atomic E-state index is 12.4. The Morgan fingerprint density at radius 1 is 1.48 bits per heavy atom. The summed E-state index contributed by atoms with van der Waals surface area (Å²) in [6.07, 6.45) is 0.199. The summed E-state index contributed by atoms with van der Waals surface area (Å²) in [6, 6.07) is 0. The number of allylic oxidation sites excluding steroid dienone is 1. The lowest BCUT2D eigenvalue weighted by Gasteiger charge is -2.26. The molecule has 0 amide bonds. The number of hydrogen-bond acceptors (Lipinski definition) is 6. The van der Waals surface area contributed by atoms with Crippen molar-refractivity contribution >= 4 is 17.7 Å². The van der Waals surface area contributed by atoms with Crippen LogP contribution in [0, 0.1) is 11.8 Å². The predicted octanol–water partition coefficient (Wildman–Crippen LogP) is 0.854. The Morgan fingerprint density at radius 2 is 2.17 bits per heavy atom. The van der Waals surface area contributed by atoms with Crippen molar-refractivity contribution in [3.63, 3.8) is 0 Å². The molecule has 1 fully saturated rings. The van der Waals surface area contributed by atoms with E-state index in [0.29, 0.717) is 11.1 Å². The Kier molecular flexibility index (Phi) is 3.72. The number of aliphatic hydroxyl groups is 1. The summed E-state index contributed by atoms with van der Waals surface area (Å²) in [5, 5.41) is 10.4. The van der Waals surface area contributed by atoms with Crippen LogP contribution in [-0.2, 0) is 23.9 Å². The number of ether oxygens (including phenoxy) is 2. The lowest BCUT2D eigenvalue weighted by atomic mass is 9.82. The molecule has 1 aliphatic heterocycles. The molecule has 4 atom stereocenters. The van der Waals surface area contributed by atoms with Gasteiger partial charge in [-0.1, -0.05) is 12.2 Å². The Morgan fingerprint density at radius 3 is 2.83 bits per heavy atom. The SMILES string of the molecule is C=C1C(=O)OC2C3C(COC(C)=O)=CC(=O)C3=C(C)CC(O)C12. The van der Waals surface area contributed by atoms with Crippen molar-refractivity contribution in [1.29, 1.82) is 0 Å². The number of hydrogen-bond donors (Lipinski definition) is 1. The number of rotatable bonds is 2. The summed E-state index contributed by atoms with van der Waals surface area (Å²) in [6.45, 7) is 6.77. The molecule has 1 saturated heterocycles. The second kappa shape index (κ2) is 5.45. The minimum absolute atomic E-state index is 0.0359. The number of ketones is 1. The van der Waals surface area contributed by atoms with E-state index in [1.54, 1.807) is 6.92 Å². The van der Waals surface area contributed by atoms with E-state index in [1.165, 1.54) is 13.0 Å². The van der Waals surface area contributed by atoms with E-state index >= 15 is 0 Å². The van der Waals surface area contributed by atoms with E-state index in [2.05, 4.69) is 6.58 Å². The van der Waals surface area contributed by atoms with E-state index in [-0.39, 0.29) is 24.4 Å². The molecule has 3 aliphatic rings. The molecule has 0 aromatic carbocycles. The molecule has 1 N–H and O–H groups in total. The van der Waals surface area contributed by atoms with Crippen molar-refractivity contribution in [3.05, 3.63) is 34.9 Å². The third-order valence-electron chi connectivity index (χ3n) is 4.71. The fourth-order valence-electron chi connectivity index (χ4n) is 3.73. The molecule has 2 aliphatic carbocycles. The van der Waals surface area contributed by atoms with Crippen LogP contribution >= 0.6 is 0 Å². The van der Waals surface area contributed by atoms with Crippen molar-refractivity contribution < 1.29 is 29.0 Å². The van der Waals surface area contributed by atoms with Crippen LogP contribution in [0.4, 0.5) is 0 Å². The third-order valence-corrected chi connectivity index (χ3v) is 4.71. The summed E-state index contributed by atoms with van der Waals surface area (Å²) in [5.74, 6) is -2.25. The van der Waals surface area contributed by atoms with E-state index in [1.807, 2.05) is 0 Å². The first kappa shape index (κ1) is 15.7. The van der Waals surface area contributed by atoms with Crippen molar-refractivity contribution in [3.8, 4) is 0 Å². The quantitative estimate of drug-likeness (QED) is 0.600. The largest absolute Gasteiger partial charge is 0.461 e. The van der Waals surface area contributed by atoms with Gasteiger partial charge < -0.3 is 14.6 Å². The van der Waals surface area contributed by atoms with Gasteiger partial charge in [-0.25, -0.2) is 4.79 Å². The molecule has 0 saturated carbocycles. The van der Waals surface area contributed by atoms with Gasteiger partial charge in [-0.15, -0.1) is 0 Å². The van der Waals surface area contributed by atoms with E-state index in [4.69, 9.17) is 9.47 Å². The lowest BCUT2D eigenvalue weighted by Crippen LogP contribution is -2.34. The molecular formula is C17H18O6. The zero-order valence-electron chi connectivity index (χ0n) is 13.0. The van der Waals surface area contributed by atoms with Crippen LogP contribution in [0.15, 0.2) is 34.9 Å². The van der Waals surface area contributed by atoms with Crippen LogP contribution in [0.3, 0.4) is 0 Å².